The first-order chi connectivity index (χ1) is 11.8. The Morgan fingerprint density at radius 1 is 0.846 bits per heavy atom. The number of hydrogen-bond donors (Lipinski definition) is 0. The Balaban J connectivity index is 2.45. The lowest BCUT2D eigenvalue weighted by Gasteiger charge is -2.28. The van der Waals surface area contributed by atoms with Crippen molar-refractivity contribution in [2.45, 2.75) is 58.2 Å². The Hall–Kier alpha value is -1.68. The van der Waals surface area contributed by atoms with E-state index in [1.165, 1.54) is 6.07 Å². The summed E-state index contributed by atoms with van der Waals surface area (Å²) in [6.45, 7) is 10.1. The summed E-state index contributed by atoms with van der Waals surface area (Å²) >= 11 is 5.95. The molecule has 0 fully saturated rings. The summed E-state index contributed by atoms with van der Waals surface area (Å²) in [5, 5.41) is 0.625. The van der Waals surface area contributed by atoms with E-state index in [0.717, 1.165) is 11.1 Å². The van der Waals surface area contributed by atoms with Gasteiger partial charge in [-0.15, -0.1) is 13.2 Å². The van der Waals surface area contributed by atoms with Gasteiger partial charge in [-0.25, -0.2) is 0 Å². The van der Waals surface area contributed by atoms with Crippen LogP contribution in [0.5, 0.6) is 5.75 Å². The molecule has 0 N–H and O–H groups in total. The zero-order chi connectivity index (χ0) is 19.8. The second-order valence-electron chi connectivity index (χ2n) is 8.19. The quantitative estimate of drug-likeness (QED) is 0.548. The summed E-state index contributed by atoms with van der Waals surface area (Å²) < 4.78 is 42.7. The lowest BCUT2D eigenvalue weighted by molar-refractivity contribution is -0.274. The maximum atomic E-state index is 12.8. The van der Waals surface area contributed by atoms with Crippen molar-refractivity contribution in [3.8, 4) is 5.75 Å². The third kappa shape index (κ3) is 5.41. The normalized spacial score (nSPS) is 13.0. The Morgan fingerprint density at radius 3 is 1.88 bits per heavy atom. The molecule has 0 aliphatic carbocycles. The summed E-state index contributed by atoms with van der Waals surface area (Å²) in [6.07, 6.45) is -4.31. The van der Waals surface area contributed by atoms with Gasteiger partial charge >= 0.3 is 6.36 Å². The molecule has 26 heavy (non-hydrogen) atoms. The van der Waals surface area contributed by atoms with E-state index in [2.05, 4.69) is 4.74 Å². The topological polar surface area (TPSA) is 9.23 Å². The van der Waals surface area contributed by atoms with Crippen molar-refractivity contribution in [3.05, 3.63) is 64.2 Å². The largest absolute Gasteiger partial charge is 0.573 e. The minimum absolute atomic E-state index is 0.146. The minimum Gasteiger partial charge on any atom is -0.406 e. The highest BCUT2D eigenvalue weighted by Crippen LogP contribution is 2.36. The average Bonchev–Trinajstić information content (AvgIpc) is 2.46. The van der Waals surface area contributed by atoms with Crippen molar-refractivity contribution >= 4 is 11.6 Å². The van der Waals surface area contributed by atoms with Crippen LogP contribution in [-0.4, -0.2) is 6.36 Å². The van der Waals surface area contributed by atoms with Gasteiger partial charge in [0.2, 0.25) is 0 Å². The van der Waals surface area contributed by atoms with Gasteiger partial charge in [-0.05, 0) is 52.1 Å². The molecule has 2 rings (SSSR count). The van der Waals surface area contributed by atoms with E-state index in [0.29, 0.717) is 17.0 Å². The van der Waals surface area contributed by atoms with Crippen LogP contribution in [0.2, 0.25) is 5.02 Å². The van der Waals surface area contributed by atoms with Gasteiger partial charge in [0.15, 0.2) is 0 Å². The van der Waals surface area contributed by atoms with Crippen LogP contribution in [0, 0.1) is 0 Å². The van der Waals surface area contributed by atoms with Gasteiger partial charge in [0.1, 0.15) is 5.75 Å². The van der Waals surface area contributed by atoms with Crippen molar-refractivity contribution in [2.75, 3.05) is 0 Å². The molecule has 0 heterocycles. The SMILES string of the molecule is CC(C)(C)c1ccc(OC(F)(F)F)c(CC(C)(C)c2ccc(Cl)cc2)c1. The van der Waals surface area contributed by atoms with E-state index in [-0.39, 0.29) is 16.6 Å². The summed E-state index contributed by atoms with van der Waals surface area (Å²) in [5.74, 6) is -0.146. The predicted octanol–water partition coefficient (Wildman–Crippen LogP) is 7.06. The van der Waals surface area contributed by atoms with E-state index >= 15 is 0 Å². The highest BCUT2D eigenvalue weighted by molar-refractivity contribution is 6.30. The van der Waals surface area contributed by atoms with Gasteiger partial charge in [-0.1, -0.05) is 70.5 Å². The molecule has 0 amide bonds. The summed E-state index contributed by atoms with van der Waals surface area (Å²) in [5.41, 5.74) is 1.95. The first-order valence-electron chi connectivity index (χ1n) is 8.43. The van der Waals surface area contributed by atoms with Crippen molar-refractivity contribution in [2.24, 2.45) is 0 Å². The van der Waals surface area contributed by atoms with Gasteiger partial charge in [0.05, 0.1) is 0 Å². The number of alkyl halides is 3. The number of rotatable bonds is 4. The molecule has 0 bridgehead atoms. The fourth-order valence-corrected chi connectivity index (χ4v) is 3.01. The van der Waals surface area contributed by atoms with Crippen molar-refractivity contribution < 1.29 is 17.9 Å². The molecule has 0 atom stereocenters. The highest BCUT2D eigenvalue weighted by Gasteiger charge is 2.33. The Morgan fingerprint density at radius 2 is 1.38 bits per heavy atom. The van der Waals surface area contributed by atoms with Crippen LogP contribution >= 0.6 is 11.6 Å². The third-order valence-corrected chi connectivity index (χ3v) is 4.66. The molecule has 142 valence electrons. The number of benzene rings is 2. The number of hydrogen-bond acceptors (Lipinski definition) is 1. The molecule has 0 aromatic heterocycles. The third-order valence-electron chi connectivity index (χ3n) is 4.41. The van der Waals surface area contributed by atoms with Gasteiger partial charge in [0.25, 0.3) is 0 Å². The molecular formula is C21H24ClF3O. The molecule has 5 heteroatoms. The molecule has 2 aromatic carbocycles. The van der Waals surface area contributed by atoms with Crippen molar-refractivity contribution in [1.82, 2.24) is 0 Å². The summed E-state index contributed by atoms with van der Waals surface area (Å²) in [7, 11) is 0. The molecule has 2 aromatic rings. The number of ether oxygens (including phenoxy) is 1. The fourth-order valence-electron chi connectivity index (χ4n) is 2.89. The van der Waals surface area contributed by atoms with Gasteiger partial charge in [0, 0.05) is 5.02 Å². The van der Waals surface area contributed by atoms with Crippen LogP contribution in [0.15, 0.2) is 42.5 Å². The monoisotopic (exact) mass is 384 g/mol. The van der Waals surface area contributed by atoms with E-state index in [9.17, 15) is 13.2 Å². The van der Waals surface area contributed by atoms with E-state index < -0.39 is 6.36 Å². The molecule has 0 saturated heterocycles. The second kappa shape index (κ2) is 7.15. The van der Waals surface area contributed by atoms with Crippen LogP contribution in [0.25, 0.3) is 0 Å². The molecule has 1 nitrogen and oxygen atoms in total. The van der Waals surface area contributed by atoms with Crippen molar-refractivity contribution in [3.63, 3.8) is 0 Å². The van der Waals surface area contributed by atoms with Crippen LogP contribution in [0.3, 0.4) is 0 Å². The minimum atomic E-state index is -4.72. The van der Waals surface area contributed by atoms with E-state index in [1.54, 1.807) is 18.2 Å². The lowest BCUT2D eigenvalue weighted by Crippen LogP contribution is -2.24. The predicted molar refractivity (Wildman–Crippen MR) is 100 cm³/mol. The van der Waals surface area contributed by atoms with E-state index in [1.807, 2.05) is 52.8 Å². The standard InChI is InChI=1S/C21H24ClF3O/c1-19(2,3)16-8-11-18(26-21(23,24)25)14(12-16)13-20(4,5)15-6-9-17(22)10-7-15/h6-12H,13H2,1-5H3. The van der Waals surface area contributed by atoms with Crippen LogP contribution in [0.4, 0.5) is 13.2 Å². The zero-order valence-electron chi connectivity index (χ0n) is 15.7. The molecular weight excluding hydrogens is 361 g/mol. The molecule has 0 aliphatic rings. The van der Waals surface area contributed by atoms with Crippen molar-refractivity contribution in [1.29, 1.82) is 0 Å². The molecule has 0 aliphatic heterocycles. The second-order valence-corrected chi connectivity index (χ2v) is 8.62. The Labute approximate surface area is 158 Å². The molecule has 0 saturated carbocycles. The van der Waals surface area contributed by atoms with Gasteiger partial charge < -0.3 is 4.74 Å². The first-order valence-corrected chi connectivity index (χ1v) is 8.81. The van der Waals surface area contributed by atoms with Crippen LogP contribution < -0.4 is 4.74 Å². The van der Waals surface area contributed by atoms with Gasteiger partial charge in [-0.3, -0.25) is 0 Å². The van der Waals surface area contributed by atoms with E-state index in [4.69, 9.17) is 11.6 Å². The molecule has 0 unspecified atom stereocenters. The smallest absolute Gasteiger partial charge is 0.406 e. The summed E-state index contributed by atoms with van der Waals surface area (Å²) in [6, 6.07) is 12.3. The Kier molecular flexibility index (Phi) is 5.67. The maximum absolute atomic E-state index is 12.8. The molecule has 0 radical (unpaired) electrons. The van der Waals surface area contributed by atoms with Crippen LogP contribution in [0.1, 0.15) is 51.3 Å². The fraction of sp³-hybridized carbons (Fsp3) is 0.429. The van der Waals surface area contributed by atoms with Gasteiger partial charge in [-0.2, -0.15) is 0 Å². The average molecular weight is 385 g/mol. The number of halogens is 4. The Bertz CT molecular complexity index is 756. The molecule has 0 spiro atoms. The maximum Gasteiger partial charge on any atom is 0.573 e. The lowest BCUT2D eigenvalue weighted by atomic mass is 9.77. The summed E-state index contributed by atoms with van der Waals surface area (Å²) in [4.78, 5) is 0. The van der Waals surface area contributed by atoms with Crippen LogP contribution in [-0.2, 0) is 17.3 Å². The first kappa shape index (κ1) is 20.6. The zero-order valence-corrected chi connectivity index (χ0v) is 16.4. The highest BCUT2D eigenvalue weighted by atomic mass is 35.5.